The zero-order valence-electron chi connectivity index (χ0n) is 15.9. The minimum atomic E-state index is -3.66. The normalized spacial score (nSPS) is 21.4. The molecule has 2 heterocycles. The van der Waals surface area contributed by atoms with E-state index in [4.69, 9.17) is 4.52 Å². The first kappa shape index (κ1) is 19.8. The van der Waals surface area contributed by atoms with Crippen LogP contribution in [0.15, 0.2) is 9.42 Å². The zero-order valence-corrected chi connectivity index (χ0v) is 16.7. The molecule has 1 saturated carbocycles. The second-order valence-corrected chi connectivity index (χ2v) is 9.34. The van der Waals surface area contributed by atoms with Crippen LogP contribution in [0.5, 0.6) is 0 Å². The van der Waals surface area contributed by atoms with Crippen molar-refractivity contribution in [1.29, 1.82) is 5.26 Å². The topological polar surface area (TPSA) is 120 Å². The van der Waals surface area contributed by atoms with Gasteiger partial charge in [-0.05, 0) is 39.5 Å². The lowest BCUT2D eigenvalue weighted by atomic mass is 9.98. The van der Waals surface area contributed by atoms with E-state index < -0.39 is 15.6 Å². The number of piperazine rings is 1. The Morgan fingerprint density at radius 3 is 2.44 bits per heavy atom. The van der Waals surface area contributed by atoms with Gasteiger partial charge >= 0.3 is 0 Å². The van der Waals surface area contributed by atoms with Crippen LogP contribution in [-0.2, 0) is 14.8 Å². The average molecular weight is 395 g/mol. The molecular formula is C17H25N5O4S. The fraction of sp³-hybridized carbons (Fsp3) is 0.706. The van der Waals surface area contributed by atoms with Crippen molar-refractivity contribution in [3.05, 3.63) is 11.5 Å². The molecule has 1 aromatic heterocycles. The molecule has 2 fully saturated rings. The van der Waals surface area contributed by atoms with E-state index in [2.05, 4.69) is 16.5 Å². The van der Waals surface area contributed by atoms with Crippen LogP contribution >= 0.6 is 0 Å². The summed E-state index contributed by atoms with van der Waals surface area (Å²) in [7, 11) is -3.66. The zero-order chi connectivity index (χ0) is 19.8. The second kappa shape index (κ2) is 7.22. The standard InChI is InChI=1S/C17H25N5O4S/c1-12-16(13(2)26-20-12)27(24,25)22-8-6-21(7-9-22)10-15(23)19-17(3,11-18)14-4-5-14/h14H,4-10H2,1-3H3,(H,19,23)/t17-/m1/s1. The van der Waals surface area contributed by atoms with Crippen LogP contribution in [0.25, 0.3) is 0 Å². The number of sulfonamides is 1. The SMILES string of the molecule is Cc1noc(C)c1S(=O)(=O)N1CCN(CC(=O)N[C@](C)(C#N)C2CC2)CC1. The molecule has 1 amide bonds. The number of aromatic nitrogens is 1. The smallest absolute Gasteiger partial charge is 0.248 e. The molecule has 0 spiro atoms. The summed E-state index contributed by atoms with van der Waals surface area (Å²) >= 11 is 0. The Morgan fingerprint density at radius 1 is 1.33 bits per heavy atom. The van der Waals surface area contributed by atoms with Gasteiger partial charge in [0.05, 0.1) is 12.6 Å². The molecule has 3 rings (SSSR count). The maximum absolute atomic E-state index is 12.8. The number of rotatable bonds is 6. The highest BCUT2D eigenvalue weighted by molar-refractivity contribution is 7.89. The summed E-state index contributed by atoms with van der Waals surface area (Å²) in [6, 6.07) is 2.21. The summed E-state index contributed by atoms with van der Waals surface area (Å²) < 4.78 is 32.0. The third kappa shape index (κ3) is 4.00. The summed E-state index contributed by atoms with van der Waals surface area (Å²) in [5.41, 5.74) is -0.462. The van der Waals surface area contributed by atoms with E-state index in [9.17, 15) is 18.5 Å². The minimum Gasteiger partial charge on any atom is -0.360 e. The summed E-state index contributed by atoms with van der Waals surface area (Å²) in [4.78, 5) is 14.3. The fourth-order valence-corrected chi connectivity index (χ4v) is 5.23. The van der Waals surface area contributed by atoms with Gasteiger partial charge in [-0.2, -0.15) is 9.57 Å². The molecule has 1 aliphatic carbocycles. The van der Waals surface area contributed by atoms with E-state index in [1.807, 2.05) is 4.90 Å². The molecule has 27 heavy (non-hydrogen) atoms. The lowest BCUT2D eigenvalue weighted by Crippen LogP contribution is -2.54. The highest BCUT2D eigenvalue weighted by atomic mass is 32.2. The van der Waals surface area contributed by atoms with Crippen molar-refractivity contribution in [3.8, 4) is 6.07 Å². The van der Waals surface area contributed by atoms with Crippen LogP contribution in [0.3, 0.4) is 0 Å². The molecule has 0 bridgehead atoms. The summed E-state index contributed by atoms with van der Waals surface area (Å²) in [5, 5.41) is 15.9. The van der Waals surface area contributed by atoms with Crippen LogP contribution < -0.4 is 5.32 Å². The van der Waals surface area contributed by atoms with Crippen molar-refractivity contribution in [3.63, 3.8) is 0 Å². The van der Waals surface area contributed by atoms with Gasteiger partial charge in [-0.15, -0.1) is 0 Å². The van der Waals surface area contributed by atoms with Crippen molar-refractivity contribution in [2.24, 2.45) is 5.92 Å². The van der Waals surface area contributed by atoms with Gasteiger partial charge in [0, 0.05) is 26.2 Å². The van der Waals surface area contributed by atoms with Crippen molar-refractivity contribution >= 4 is 15.9 Å². The van der Waals surface area contributed by atoms with Crippen molar-refractivity contribution in [1.82, 2.24) is 19.7 Å². The molecule has 1 aromatic rings. The molecular weight excluding hydrogens is 370 g/mol. The number of nitrogens with one attached hydrogen (secondary N) is 1. The van der Waals surface area contributed by atoms with Gasteiger partial charge in [0.2, 0.25) is 15.9 Å². The maximum atomic E-state index is 12.8. The summed E-state index contributed by atoms with van der Waals surface area (Å²) in [6.07, 6.45) is 1.92. The Hall–Kier alpha value is -1.96. The molecule has 1 atom stereocenters. The van der Waals surface area contributed by atoms with E-state index in [0.717, 1.165) is 12.8 Å². The first-order valence-electron chi connectivity index (χ1n) is 9.05. The van der Waals surface area contributed by atoms with Crippen LogP contribution in [0.1, 0.15) is 31.2 Å². The molecule has 1 aliphatic heterocycles. The van der Waals surface area contributed by atoms with Crippen molar-refractivity contribution in [2.45, 2.75) is 44.0 Å². The van der Waals surface area contributed by atoms with Crippen LogP contribution in [0.2, 0.25) is 0 Å². The third-order valence-corrected chi connectivity index (χ3v) is 7.43. The number of nitrogens with zero attached hydrogens (tertiary/aromatic N) is 4. The minimum absolute atomic E-state index is 0.128. The first-order valence-corrected chi connectivity index (χ1v) is 10.5. The van der Waals surface area contributed by atoms with Gasteiger partial charge in [0.25, 0.3) is 0 Å². The Bertz CT molecular complexity index is 843. The maximum Gasteiger partial charge on any atom is 0.248 e. The number of aryl methyl sites for hydroxylation is 2. The summed E-state index contributed by atoms with van der Waals surface area (Å²) in [6.45, 7) is 6.58. The fourth-order valence-electron chi connectivity index (χ4n) is 3.51. The lowest BCUT2D eigenvalue weighted by Gasteiger charge is -2.34. The Morgan fingerprint density at radius 2 is 1.96 bits per heavy atom. The lowest BCUT2D eigenvalue weighted by molar-refractivity contribution is -0.123. The average Bonchev–Trinajstić information content (AvgIpc) is 3.41. The van der Waals surface area contributed by atoms with Gasteiger partial charge in [-0.25, -0.2) is 8.42 Å². The molecule has 1 saturated heterocycles. The van der Waals surface area contributed by atoms with E-state index in [1.54, 1.807) is 20.8 Å². The van der Waals surface area contributed by atoms with Crippen LogP contribution in [-0.4, -0.2) is 66.9 Å². The number of amides is 1. The number of hydrogen-bond acceptors (Lipinski definition) is 7. The van der Waals surface area contributed by atoms with Crippen molar-refractivity contribution in [2.75, 3.05) is 32.7 Å². The van der Waals surface area contributed by atoms with Gasteiger partial charge in [0.15, 0.2) is 5.76 Å². The number of nitriles is 1. The Kier molecular flexibility index (Phi) is 5.29. The first-order chi connectivity index (χ1) is 12.7. The molecule has 1 N–H and O–H groups in total. The van der Waals surface area contributed by atoms with Gasteiger partial charge in [-0.3, -0.25) is 9.69 Å². The van der Waals surface area contributed by atoms with Gasteiger partial charge < -0.3 is 9.84 Å². The molecule has 0 aromatic carbocycles. The van der Waals surface area contributed by atoms with E-state index >= 15 is 0 Å². The molecule has 10 heteroatoms. The largest absolute Gasteiger partial charge is 0.360 e. The van der Waals surface area contributed by atoms with E-state index in [1.165, 1.54) is 4.31 Å². The highest BCUT2D eigenvalue weighted by Gasteiger charge is 2.43. The van der Waals surface area contributed by atoms with E-state index in [0.29, 0.717) is 18.8 Å². The second-order valence-electron chi connectivity index (χ2n) is 7.47. The van der Waals surface area contributed by atoms with Crippen LogP contribution in [0, 0.1) is 31.1 Å². The van der Waals surface area contributed by atoms with Crippen molar-refractivity contribution < 1.29 is 17.7 Å². The van der Waals surface area contributed by atoms with Gasteiger partial charge in [0.1, 0.15) is 16.1 Å². The predicted octanol–water partition coefficient (Wildman–Crippen LogP) is 0.406. The monoisotopic (exact) mass is 395 g/mol. The van der Waals surface area contributed by atoms with E-state index in [-0.39, 0.29) is 42.1 Å². The third-order valence-electron chi connectivity index (χ3n) is 5.29. The van der Waals surface area contributed by atoms with Gasteiger partial charge in [-0.1, -0.05) is 5.16 Å². The predicted molar refractivity (Wildman–Crippen MR) is 96.1 cm³/mol. The molecule has 0 radical (unpaired) electrons. The quantitative estimate of drug-likeness (QED) is 0.740. The molecule has 2 aliphatic rings. The highest BCUT2D eigenvalue weighted by Crippen LogP contribution is 2.39. The molecule has 0 unspecified atom stereocenters. The molecule has 148 valence electrons. The Balaban J connectivity index is 1.56. The number of carbonyl (C=O) groups excluding carboxylic acids is 1. The number of carbonyl (C=O) groups is 1. The number of hydrogen-bond donors (Lipinski definition) is 1. The summed E-state index contributed by atoms with van der Waals surface area (Å²) in [5.74, 6) is 0.307. The Labute approximate surface area is 159 Å². The molecule has 9 nitrogen and oxygen atoms in total. The van der Waals surface area contributed by atoms with Crippen LogP contribution in [0.4, 0.5) is 0 Å².